The highest BCUT2D eigenvalue weighted by Gasteiger charge is 2.31. The summed E-state index contributed by atoms with van der Waals surface area (Å²) < 4.78 is 0. The van der Waals surface area contributed by atoms with E-state index in [0.717, 1.165) is 19.6 Å². The Morgan fingerprint density at radius 1 is 1.35 bits per heavy atom. The first-order valence-electron chi connectivity index (χ1n) is 7.74. The Kier molecular flexibility index (Phi) is 5.94. The molecular weight excluding hydrogens is 264 g/mol. The summed E-state index contributed by atoms with van der Waals surface area (Å²) >= 11 is 2.09. The lowest BCUT2D eigenvalue weighted by Gasteiger charge is -2.41. The smallest absolute Gasteiger partial charge is 0.0177 e. The van der Waals surface area contributed by atoms with Gasteiger partial charge in [-0.3, -0.25) is 4.90 Å². The van der Waals surface area contributed by atoms with E-state index in [1.165, 1.54) is 23.6 Å². The van der Waals surface area contributed by atoms with Gasteiger partial charge in [0.05, 0.1) is 0 Å². The van der Waals surface area contributed by atoms with Crippen LogP contribution < -0.4 is 5.32 Å². The van der Waals surface area contributed by atoms with E-state index < -0.39 is 0 Å². The molecule has 3 heteroatoms. The molecule has 1 aliphatic rings. The molecule has 1 N–H and O–H groups in total. The fourth-order valence-electron chi connectivity index (χ4n) is 2.94. The monoisotopic (exact) mass is 292 g/mol. The topological polar surface area (TPSA) is 15.3 Å². The molecule has 0 spiro atoms. The highest BCUT2D eigenvalue weighted by atomic mass is 32.2. The van der Waals surface area contributed by atoms with Gasteiger partial charge >= 0.3 is 0 Å². The van der Waals surface area contributed by atoms with Gasteiger partial charge in [-0.1, -0.05) is 44.2 Å². The lowest BCUT2D eigenvalue weighted by atomic mass is 9.81. The molecule has 1 aliphatic heterocycles. The fraction of sp³-hybridized carbons (Fsp3) is 0.647. The van der Waals surface area contributed by atoms with E-state index in [2.05, 4.69) is 73.1 Å². The summed E-state index contributed by atoms with van der Waals surface area (Å²) in [5.41, 5.74) is 1.64. The van der Waals surface area contributed by atoms with Gasteiger partial charge in [-0.05, 0) is 19.0 Å². The number of likely N-dealkylation sites (N-methyl/N-ethyl adjacent to an activating group) is 1. The van der Waals surface area contributed by atoms with Gasteiger partial charge in [0.15, 0.2) is 0 Å². The van der Waals surface area contributed by atoms with Crippen LogP contribution in [-0.4, -0.2) is 48.6 Å². The molecule has 0 bridgehead atoms. The van der Waals surface area contributed by atoms with Crippen LogP contribution in [0.15, 0.2) is 30.3 Å². The molecule has 1 aromatic rings. The van der Waals surface area contributed by atoms with Crippen molar-refractivity contribution in [2.45, 2.75) is 32.2 Å². The molecule has 0 radical (unpaired) electrons. The zero-order valence-corrected chi connectivity index (χ0v) is 13.9. The molecule has 112 valence electrons. The standard InChI is InChI=1S/C17H28N2S/c1-4-18-13-17(3,16-8-6-5-7-9-16)14-19-10-11-20-12-15(19)2/h5-9,15,18H,4,10-14H2,1-3H3. The molecule has 2 atom stereocenters. The van der Waals surface area contributed by atoms with Crippen molar-refractivity contribution >= 4 is 11.8 Å². The minimum Gasteiger partial charge on any atom is -0.316 e. The van der Waals surface area contributed by atoms with Crippen molar-refractivity contribution in [3.63, 3.8) is 0 Å². The normalized spacial score (nSPS) is 23.4. The molecule has 1 saturated heterocycles. The summed E-state index contributed by atoms with van der Waals surface area (Å²) in [6, 6.07) is 11.7. The third-order valence-corrected chi connectivity index (χ3v) is 5.48. The van der Waals surface area contributed by atoms with Crippen LogP contribution in [-0.2, 0) is 5.41 Å². The van der Waals surface area contributed by atoms with Crippen molar-refractivity contribution in [1.29, 1.82) is 0 Å². The van der Waals surface area contributed by atoms with Crippen LogP contribution in [0.1, 0.15) is 26.3 Å². The zero-order chi connectivity index (χ0) is 14.4. The fourth-order valence-corrected chi connectivity index (χ4v) is 4.02. The second-order valence-electron chi connectivity index (χ2n) is 6.10. The highest BCUT2D eigenvalue weighted by Crippen LogP contribution is 2.27. The molecule has 1 aromatic carbocycles. The summed E-state index contributed by atoms with van der Waals surface area (Å²) in [5.74, 6) is 2.54. The van der Waals surface area contributed by atoms with E-state index in [9.17, 15) is 0 Å². The van der Waals surface area contributed by atoms with Crippen LogP contribution in [0.3, 0.4) is 0 Å². The van der Waals surface area contributed by atoms with Crippen LogP contribution in [0.4, 0.5) is 0 Å². The number of hydrogen-bond acceptors (Lipinski definition) is 3. The number of nitrogens with one attached hydrogen (secondary N) is 1. The van der Waals surface area contributed by atoms with Gasteiger partial charge in [0.2, 0.25) is 0 Å². The molecular formula is C17H28N2S. The van der Waals surface area contributed by atoms with E-state index in [1.54, 1.807) is 0 Å². The molecule has 0 saturated carbocycles. The van der Waals surface area contributed by atoms with Crippen LogP contribution >= 0.6 is 11.8 Å². The van der Waals surface area contributed by atoms with Crippen LogP contribution in [0, 0.1) is 0 Å². The number of rotatable bonds is 6. The Morgan fingerprint density at radius 3 is 2.75 bits per heavy atom. The van der Waals surface area contributed by atoms with E-state index in [4.69, 9.17) is 0 Å². The maximum Gasteiger partial charge on any atom is 0.0177 e. The Morgan fingerprint density at radius 2 is 2.10 bits per heavy atom. The molecule has 2 rings (SSSR count). The maximum atomic E-state index is 3.56. The largest absolute Gasteiger partial charge is 0.316 e. The third-order valence-electron chi connectivity index (χ3n) is 4.29. The molecule has 2 nitrogen and oxygen atoms in total. The van der Waals surface area contributed by atoms with Gasteiger partial charge in [0.1, 0.15) is 0 Å². The van der Waals surface area contributed by atoms with Gasteiger partial charge in [-0.15, -0.1) is 0 Å². The van der Waals surface area contributed by atoms with Gasteiger partial charge in [0, 0.05) is 42.6 Å². The van der Waals surface area contributed by atoms with Crippen molar-refractivity contribution in [3.8, 4) is 0 Å². The first-order chi connectivity index (χ1) is 9.65. The van der Waals surface area contributed by atoms with E-state index in [0.29, 0.717) is 6.04 Å². The zero-order valence-electron chi connectivity index (χ0n) is 13.1. The summed E-state index contributed by atoms with van der Waals surface area (Å²) in [4.78, 5) is 2.67. The van der Waals surface area contributed by atoms with Crippen molar-refractivity contribution in [3.05, 3.63) is 35.9 Å². The van der Waals surface area contributed by atoms with Crippen LogP contribution in [0.5, 0.6) is 0 Å². The summed E-state index contributed by atoms with van der Waals surface area (Å²) in [5, 5.41) is 3.56. The summed E-state index contributed by atoms with van der Waals surface area (Å²) in [6.45, 7) is 11.4. The predicted octanol–water partition coefficient (Wildman–Crippen LogP) is 2.99. The van der Waals surface area contributed by atoms with Crippen LogP contribution in [0.25, 0.3) is 0 Å². The molecule has 20 heavy (non-hydrogen) atoms. The van der Waals surface area contributed by atoms with Crippen molar-refractivity contribution in [2.24, 2.45) is 0 Å². The second-order valence-corrected chi connectivity index (χ2v) is 7.25. The number of benzene rings is 1. The van der Waals surface area contributed by atoms with E-state index >= 15 is 0 Å². The SMILES string of the molecule is CCNCC(C)(CN1CCSCC1C)c1ccccc1. The van der Waals surface area contributed by atoms with Gasteiger partial charge in [-0.2, -0.15) is 11.8 Å². The lowest BCUT2D eigenvalue weighted by molar-refractivity contribution is 0.180. The first kappa shape index (κ1) is 15.9. The number of thioether (sulfide) groups is 1. The average Bonchev–Trinajstić information content (AvgIpc) is 2.48. The Labute approximate surface area is 128 Å². The second kappa shape index (κ2) is 7.48. The molecule has 0 amide bonds. The van der Waals surface area contributed by atoms with Gasteiger partial charge < -0.3 is 5.32 Å². The molecule has 0 aromatic heterocycles. The van der Waals surface area contributed by atoms with Crippen molar-refractivity contribution in [1.82, 2.24) is 10.2 Å². The predicted molar refractivity (Wildman–Crippen MR) is 90.7 cm³/mol. The average molecular weight is 292 g/mol. The van der Waals surface area contributed by atoms with E-state index in [-0.39, 0.29) is 5.41 Å². The third kappa shape index (κ3) is 4.00. The molecule has 1 heterocycles. The number of hydrogen-bond donors (Lipinski definition) is 1. The highest BCUT2D eigenvalue weighted by molar-refractivity contribution is 7.99. The quantitative estimate of drug-likeness (QED) is 0.868. The maximum absolute atomic E-state index is 3.56. The van der Waals surface area contributed by atoms with E-state index in [1.807, 2.05) is 0 Å². The Bertz CT molecular complexity index is 395. The van der Waals surface area contributed by atoms with Gasteiger partial charge in [0.25, 0.3) is 0 Å². The summed E-state index contributed by atoms with van der Waals surface area (Å²) in [7, 11) is 0. The summed E-state index contributed by atoms with van der Waals surface area (Å²) in [6.07, 6.45) is 0. The lowest BCUT2D eigenvalue weighted by Crippen LogP contribution is -2.50. The van der Waals surface area contributed by atoms with Gasteiger partial charge in [-0.25, -0.2) is 0 Å². The molecule has 2 unspecified atom stereocenters. The Balaban J connectivity index is 2.14. The molecule has 0 aliphatic carbocycles. The minimum absolute atomic E-state index is 0.188. The Hall–Kier alpha value is -0.510. The minimum atomic E-state index is 0.188. The van der Waals surface area contributed by atoms with Crippen molar-refractivity contribution in [2.75, 3.05) is 37.7 Å². The number of nitrogens with zero attached hydrogens (tertiary/aromatic N) is 1. The molecule has 1 fully saturated rings. The van der Waals surface area contributed by atoms with Crippen molar-refractivity contribution < 1.29 is 0 Å². The first-order valence-corrected chi connectivity index (χ1v) is 8.89. The van der Waals surface area contributed by atoms with Crippen LogP contribution in [0.2, 0.25) is 0 Å².